The van der Waals surface area contributed by atoms with Crippen LogP contribution in [0.3, 0.4) is 0 Å². The third-order valence-electron chi connectivity index (χ3n) is 3.71. The predicted molar refractivity (Wildman–Crippen MR) is 96.2 cm³/mol. The summed E-state index contributed by atoms with van der Waals surface area (Å²) in [5.74, 6) is 0.675. The monoisotopic (exact) mass is 347 g/mol. The van der Waals surface area contributed by atoms with Crippen LogP contribution in [0, 0.1) is 6.92 Å². The fourth-order valence-electron chi connectivity index (χ4n) is 2.35. The first-order valence-electron chi connectivity index (χ1n) is 7.84. The lowest BCUT2D eigenvalue weighted by Crippen LogP contribution is -2.26. The molecule has 2 aromatic rings. The molecule has 0 fully saturated rings. The number of nitrogens with one attached hydrogen (secondary N) is 1. The van der Waals surface area contributed by atoms with E-state index < -0.39 is 0 Å². The van der Waals surface area contributed by atoms with Crippen LogP contribution in [0.1, 0.15) is 41.4 Å². The number of aryl methyl sites for hydroxylation is 1. The number of rotatable bonds is 6. The van der Waals surface area contributed by atoms with Crippen LogP contribution in [-0.4, -0.2) is 19.6 Å². The lowest BCUT2D eigenvalue weighted by atomic mass is 10.1. The Labute approximate surface area is 147 Å². The molecule has 0 aliphatic rings. The molecular formula is C19H22ClNO3. The molecule has 2 aromatic carbocycles. The van der Waals surface area contributed by atoms with Gasteiger partial charge in [0.1, 0.15) is 0 Å². The van der Waals surface area contributed by atoms with E-state index in [1.165, 1.54) is 12.7 Å². The van der Waals surface area contributed by atoms with Gasteiger partial charge >= 0.3 is 0 Å². The van der Waals surface area contributed by atoms with Crippen molar-refractivity contribution in [2.75, 3.05) is 13.7 Å². The van der Waals surface area contributed by atoms with Crippen molar-refractivity contribution in [3.63, 3.8) is 0 Å². The van der Waals surface area contributed by atoms with E-state index in [-0.39, 0.29) is 11.9 Å². The van der Waals surface area contributed by atoms with Crippen molar-refractivity contribution < 1.29 is 14.3 Å². The Bertz CT molecular complexity index is 713. The Morgan fingerprint density at radius 3 is 2.50 bits per heavy atom. The van der Waals surface area contributed by atoms with Crippen LogP contribution in [0.2, 0.25) is 5.02 Å². The van der Waals surface area contributed by atoms with E-state index in [0.29, 0.717) is 28.7 Å². The summed E-state index contributed by atoms with van der Waals surface area (Å²) in [5.41, 5.74) is 2.65. The summed E-state index contributed by atoms with van der Waals surface area (Å²) >= 11 is 6.22. The molecule has 4 nitrogen and oxygen atoms in total. The molecule has 2 rings (SSSR count). The highest BCUT2D eigenvalue weighted by Crippen LogP contribution is 2.36. The maximum absolute atomic E-state index is 12.5. The highest BCUT2D eigenvalue weighted by atomic mass is 35.5. The van der Waals surface area contributed by atoms with E-state index in [1.54, 1.807) is 12.1 Å². The van der Waals surface area contributed by atoms with Gasteiger partial charge in [0.25, 0.3) is 5.91 Å². The van der Waals surface area contributed by atoms with Gasteiger partial charge in [-0.25, -0.2) is 0 Å². The fraction of sp³-hybridized carbons (Fsp3) is 0.316. The molecule has 0 aliphatic heterocycles. The van der Waals surface area contributed by atoms with Crippen LogP contribution in [0.5, 0.6) is 11.5 Å². The van der Waals surface area contributed by atoms with Gasteiger partial charge in [-0.05, 0) is 38.5 Å². The lowest BCUT2D eigenvalue weighted by Gasteiger charge is -2.16. The number of halogens is 1. The van der Waals surface area contributed by atoms with E-state index >= 15 is 0 Å². The highest BCUT2D eigenvalue weighted by molar-refractivity contribution is 6.32. The molecule has 0 saturated carbocycles. The minimum absolute atomic E-state index is 0.116. The molecule has 0 bridgehead atoms. The third-order valence-corrected chi connectivity index (χ3v) is 3.99. The zero-order valence-electron chi connectivity index (χ0n) is 14.4. The standard InChI is InChI=1S/C19H22ClNO3/c1-5-24-18-16(20)10-15(11-17(18)23-4)19(22)21-13(3)14-8-6-12(2)7-9-14/h6-11,13H,5H2,1-4H3,(H,21,22). The Hall–Kier alpha value is -2.20. The van der Waals surface area contributed by atoms with E-state index in [9.17, 15) is 4.79 Å². The van der Waals surface area contributed by atoms with Crippen LogP contribution < -0.4 is 14.8 Å². The zero-order valence-corrected chi connectivity index (χ0v) is 15.1. The molecule has 0 aromatic heterocycles. The average molecular weight is 348 g/mol. The SMILES string of the molecule is CCOc1c(Cl)cc(C(=O)NC(C)c2ccc(C)cc2)cc1OC. The Morgan fingerprint density at radius 1 is 1.25 bits per heavy atom. The van der Waals surface area contributed by atoms with Gasteiger partial charge in [-0.1, -0.05) is 41.4 Å². The average Bonchev–Trinajstić information content (AvgIpc) is 2.57. The number of hydrogen-bond donors (Lipinski definition) is 1. The van der Waals surface area contributed by atoms with Gasteiger partial charge in [0, 0.05) is 5.56 Å². The Morgan fingerprint density at radius 2 is 1.92 bits per heavy atom. The summed E-state index contributed by atoms with van der Waals surface area (Å²) in [6.45, 7) is 6.29. The number of amides is 1. The van der Waals surface area contributed by atoms with Crippen molar-refractivity contribution in [1.29, 1.82) is 0 Å². The van der Waals surface area contributed by atoms with Gasteiger partial charge in [0.15, 0.2) is 11.5 Å². The number of hydrogen-bond acceptors (Lipinski definition) is 3. The summed E-state index contributed by atoms with van der Waals surface area (Å²) in [5, 5.41) is 3.32. The molecule has 0 heterocycles. The molecule has 1 N–H and O–H groups in total. The molecule has 0 aliphatic carbocycles. The van der Waals surface area contributed by atoms with E-state index in [1.807, 2.05) is 45.0 Å². The molecular weight excluding hydrogens is 326 g/mol. The fourth-order valence-corrected chi connectivity index (χ4v) is 2.62. The van der Waals surface area contributed by atoms with Crippen molar-refractivity contribution in [3.05, 3.63) is 58.1 Å². The molecule has 0 saturated heterocycles. The minimum Gasteiger partial charge on any atom is -0.493 e. The molecule has 1 amide bonds. The smallest absolute Gasteiger partial charge is 0.251 e. The van der Waals surface area contributed by atoms with E-state index in [4.69, 9.17) is 21.1 Å². The van der Waals surface area contributed by atoms with Gasteiger partial charge < -0.3 is 14.8 Å². The summed E-state index contributed by atoms with van der Waals surface area (Å²) in [6, 6.07) is 11.2. The number of ether oxygens (including phenoxy) is 2. The summed E-state index contributed by atoms with van der Waals surface area (Å²) < 4.78 is 10.7. The number of methoxy groups -OCH3 is 1. The molecule has 1 atom stereocenters. The van der Waals surface area contributed by atoms with Gasteiger partial charge in [-0.2, -0.15) is 0 Å². The quantitative estimate of drug-likeness (QED) is 0.834. The van der Waals surface area contributed by atoms with E-state index in [2.05, 4.69) is 5.32 Å². The topological polar surface area (TPSA) is 47.6 Å². The second-order valence-electron chi connectivity index (χ2n) is 5.53. The van der Waals surface area contributed by atoms with Crippen LogP contribution in [0.4, 0.5) is 0 Å². The van der Waals surface area contributed by atoms with E-state index in [0.717, 1.165) is 5.56 Å². The Balaban J connectivity index is 2.20. The molecule has 1 unspecified atom stereocenters. The van der Waals surface area contributed by atoms with Crippen molar-refractivity contribution >= 4 is 17.5 Å². The highest BCUT2D eigenvalue weighted by Gasteiger charge is 2.17. The first-order chi connectivity index (χ1) is 11.5. The second-order valence-corrected chi connectivity index (χ2v) is 5.94. The van der Waals surface area contributed by atoms with Gasteiger partial charge in [-0.15, -0.1) is 0 Å². The van der Waals surface area contributed by atoms with Crippen LogP contribution in [0.15, 0.2) is 36.4 Å². The molecule has 0 spiro atoms. The first kappa shape index (κ1) is 18.1. The summed E-state index contributed by atoms with van der Waals surface area (Å²) in [4.78, 5) is 12.5. The minimum atomic E-state index is -0.216. The molecule has 24 heavy (non-hydrogen) atoms. The maximum atomic E-state index is 12.5. The maximum Gasteiger partial charge on any atom is 0.251 e. The van der Waals surface area contributed by atoms with Gasteiger partial charge in [0.05, 0.1) is 24.8 Å². The van der Waals surface area contributed by atoms with Gasteiger partial charge in [0.2, 0.25) is 0 Å². The van der Waals surface area contributed by atoms with Crippen LogP contribution in [0.25, 0.3) is 0 Å². The predicted octanol–water partition coefficient (Wildman–Crippen LogP) is 4.55. The van der Waals surface area contributed by atoms with Crippen molar-refractivity contribution in [2.24, 2.45) is 0 Å². The normalized spacial score (nSPS) is 11.7. The molecule has 5 heteroatoms. The molecule has 128 valence electrons. The van der Waals surface area contributed by atoms with Crippen molar-refractivity contribution in [2.45, 2.75) is 26.8 Å². The lowest BCUT2D eigenvalue weighted by molar-refractivity contribution is 0.0939. The molecule has 0 radical (unpaired) electrons. The summed E-state index contributed by atoms with van der Waals surface area (Å²) in [6.07, 6.45) is 0. The van der Waals surface area contributed by atoms with Gasteiger partial charge in [-0.3, -0.25) is 4.79 Å². The first-order valence-corrected chi connectivity index (χ1v) is 8.21. The number of carbonyl (C=O) groups excluding carboxylic acids is 1. The largest absolute Gasteiger partial charge is 0.493 e. The second kappa shape index (κ2) is 8.06. The third kappa shape index (κ3) is 4.20. The Kier molecular flexibility index (Phi) is 6.10. The summed E-state index contributed by atoms with van der Waals surface area (Å²) in [7, 11) is 1.52. The van der Waals surface area contributed by atoms with Crippen molar-refractivity contribution in [3.8, 4) is 11.5 Å². The number of benzene rings is 2. The van der Waals surface area contributed by atoms with Crippen molar-refractivity contribution in [1.82, 2.24) is 5.32 Å². The van der Waals surface area contributed by atoms with Crippen LogP contribution >= 0.6 is 11.6 Å². The zero-order chi connectivity index (χ0) is 17.7. The number of carbonyl (C=O) groups is 1. The van der Waals surface area contributed by atoms with Crippen LogP contribution in [-0.2, 0) is 0 Å².